The van der Waals surface area contributed by atoms with E-state index in [0.29, 0.717) is 31.9 Å². The molecule has 7 unspecified atom stereocenters. The van der Waals surface area contributed by atoms with Gasteiger partial charge in [-0.25, -0.2) is 0 Å². The Bertz CT molecular complexity index is 1410. The molecule has 0 aliphatic carbocycles. The van der Waals surface area contributed by atoms with Crippen molar-refractivity contribution >= 4 is 63.6 Å². The Kier molecular flexibility index (Phi) is 18.6. The van der Waals surface area contributed by atoms with E-state index >= 15 is 0 Å². The molecule has 0 aromatic carbocycles. The standard InChI is InChI=1S/C39H71NO13Si4/c1-15-17-19-46-34(42)30(16-2)24-38(4,36(44)49-27-31-26-48-31)22-29(25-40)23-39(5,32-28(3)33(41)50-35(32)43)37(45)47-20-18-21-57(51-54(6,7)8,52-55(9,10)11)53-56(12,13)14/h28-32H,15-24,26-27H2,1-14H3. The van der Waals surface area contributed by atoms with Crippen LogP contribution in [0.2, 0.25) is 65.0 Å². The van der Waals surface area contributed by atoms with Crippen molar-refractivity contribution in [1.82, 2.24) is 0 Å². The average molecular weight is 874 g/mol. The van der Waals surface area contributed by atoms with Gasteiger partial charge in [-0.3, -0.25) is 24.0 Å². The summed E-state index contributed by atoms with van der Waals surface area (Å²) in [5.74, 6) is -7.39. The Labute approximate surface area is 345 Å². The lowest BCUT2D eigenvalue weighted by Crippen LogP contribution is -2.60. The fourth-order valence-corrected chi connectivity index (χ4v) is 22.0. The molecule has 2 aliphatic heterocycles. The van der Waals surface area contributed by atoms with E-state index in [1.54, 1.807) is 6.92 Å². The first kappa shape index (κ1) is 50.9. The number of epoxide rings is 1. The van der Waals surface area contributed by atoms with Crippen LogP contribution in [-0.2, 0) is 60.0 Å². The lowest BCUT2D eigenvalue weighted by Gasteiger charge is -2.43. The highest BCUT2D eigenvalue weighted by Crippen LogP contribution is 2.47. The molecule has 0 aromatic rings. The molecule has 2 saturated heterocycles. The van der Waals surface area contributed by atoms with Gasteiger partial charge in [0, 0.05) is 12.0 Å². The Balaban J connectivity index is 2.45. The first-order chi connectivity index (χ1) is 26.1. The minimum atomic E-state index is -3.24. The quantitative estimate of drug-likeness (QED) is 0.0209. The van der Waals surface area contributed by atoms with Crippen LogP contribution in [0, 0.1) is 45.8 Å². The molecule has 2 fully saturated rings. The average Bonchev–Trinajstić information content (AvgIpc) is 3.85. The van der Waals surface area contributed by atoms with Crippen LogP contribution in [0.1, 0.15) is 79.6 Å². The van der Waals surface area contributed by atoms with Crippen molar-refractivity contribution < 1.29 is 60.0 Å². The molecule has 0 amide bonds. The van der Waals surface area contributed by atoms with Crippen molar-refractivity contribution in [2.45, 2.75) is 151 Å². The highest BCUT2D eigenvalue weighted by atomic mass is 28.5. The molecule has 14 nitrogen and oxygen atoms in total. The second-order valence-corrected chi connectivity index (χ2v) is 36.2. The third-order valence-electron chi connectivity index (χ3n) is 9.84. The van der Waals surface area contributed by atoms with E-state index in [1.165, 1.54) is 13.8 Å². The van der Waals surface area contributed by atoms with Crippen LogP contribution in [0.3, 0.4) is 0 Å². The molecule has 0 bridgehead atoms. The van der Waals surface area contributed by atoms with Crippen LogP contribution in [0.4, 0.5) is 0 Å². The van der Waals surface area contributed by atoms with Gasteiger partial charge in [0.15, 0.2) is 25.0 Å². The minimum Gasteiger partial charge on any atom is -0.465 e. The molecule has 0 N–H and O–H groups in total. The predicted molar refractivity (Wildman–Crippen MR) is 223 cm³/mol. The summed E-state index contributed by atoms with van der Waals surface area (Å²) < 4.78 is 47.7. The molecule has 2 aliphatic rings. The second-order valence-electron chi connectivity index (χ2n) is 19.2. The van der Waals surface area contributed by atoms with Crippen LogP contribution in [-0.4, -0.2) is 96.1 Å². The molecule has 2 rings (SSSR count). The molecule has 57 heavy (non-hydrogen) atoms. The largest absolute Gasteiger partial charge is 0.469 e. The smallest absolute Gasteiger partial charge is 0.465 e. The van der Waals surface area contributed by atoms with Crippen molar-refractivity contribution in [3.8, 4) is 6.07 Å². The van der Waals surface area contributed by atoms with Crippen LogP contribution < -0.4 is 0 Å². The molecule has 0 radical (unpaired) electrons. The van der Waals surface area contributed by atoms with Crippen molar-refractivity contribution in [2.75, 3.05) is 26.4 Å². The number of rotatable bonds is 26. The molecule has 2 heterocycles. The number of hydrogen-bond acceptors (Lipinski definition) is 14. The maximum absolute atomic E-state index is 14.4. The van der Waals surface area contributed by atoms with E-state index in [-0.39, 0.29) is 45.2 Å². The van der Waals surface area contributed by atoms with Crippen molar-refractivity contribution in [2.24, 2.45) is 34.5 Å². The molecule has 0 aromatic heterocycles. The van der Waals surface area contributed by atoms with Gasteiger partial charge >= 0.3 is 38.7 Å². The number of esters is 5. The van der Waals surface area contributed by atoms with Gasteiger partial charge in [-0.2, -0.15) is 5.26 Å². The molecule has 0 spiro atoms. The molecule has 7 atom stereocenters. The Morgan fingerprint density at radius 3 is 1.79 bits per heavy atom. The lowest BCUT2D eigenvalue weighted by atomic mass is 9.64. The Morgan fingerprint density at radius 1 is 0.807 bits per heavy atom. The number of nitriles is 1. The zero-order chi connectivity index (χ0) is 43.6. The number of carbonyl (C=O) groups excluding carboxylic acids is 5. The van der Waals surface area contributed by atoms with E-state index in [9.17, 15) is 29.2 Å². The van der Waals surface area contributed by atoms with E-state index in [4.69, 9.17) is 36.0 Å². The SMILES string of the molecule is CCCCOC(=O)C(CC)CC(C)(CC(C#N)CC(C)(C(=O)OCCC[Si](O[Si](C)(C)C)(O[Si](C)(C)C)O[Si](C)(C)C)C1C(=O)OC(=O)C1C)C(=O)OCC1CO1. The summed E-state index contributed by atoms with van der Waals surface area (Å²) in [7, 11) is -9.72. The number of ether oxygens (including phenoxy) is 5. The first-order valence-electron chi connectivity index (χ1n) is 20.5. The Morgan fingerprint density at radius 2 is 1.35 bits per heavy atom. The monoisotopic (exact) mass is 873 g/mol. The van der Waals surface area contributed by atoms with Gasteiger partial charge in [-0.1, -0.05) is 27.2 Å². The summed E-state index contributed by atoms with van der Waals surface area (Å²) in [5, 5.41) is 10.6. The van der Waals surface area contributed by atoms with Gasteiger partial charge in [-0.05, 0) is 111 Å². The normalized spacial score (nSPS) is 22.0. The van der Waals surface area contributed by atoms with Gasteiger partial charge in [-0.15, -0.1) is 0 Å². The predicted octanol–water partition coefficient (Wildman–Crippen LogP) is 7.38. The Hall–Kier alpha value is -2.25. The van der Waals surface area contributed by atoms with Crippen LogP contribution in [0.15, 0.2) is 0 Å². The van der Waals surface area contributed by atoms with Crippen LogP contribution >= 0.6 is 0 Å². The highest BCUT2D eigenvalue weighted by molar-refractivity contribution is 6.90. The fourth-order valence-electron chi connectivity index (χ4n) is 7.33. The molecule has 18 heteroatoms. The number of nitrogens with zero attached hydrogens (tertiary/aromatic N) is 1. The number of cyclic esters (lactones) is 2. The second kappa shape index (κ2) is 20.8. The first-order valence-corrected chi connectivity index (χ1v) is 32.7. The third-order valence-corrected chi connectivity index (χ3v) is 21.9. The van der Waals surface area contributed by atoms with Crippen molar-refractivity contribution in [3.05, 3.63) is 0 Å². The van der Waals surface area contributed by atoms with Crippen LogP contribution in [0.5, 0.6) is 0 Å². The van der Waals surface area contributed by atoms with Crippen LogP contribution in [0.25, 0.3) is 0 Å². The maximum atomic E-state index is 14.4. The van der Waals surface area contributed by atoms with E-state index in [1.807, 2.05) is 13.8 Å². The number of hydrogen-bond donors (Lipinski definition) is 0. The minimum absolute atomic E-state index is 0.0278. The molecule has 0 saturated carbocycles. The van der Waals surface area contributed by atoms with Gasteiger partial charge < -0.3 is 36.0 Å². The maximum Gasteiger partial charge on any atom is 0.469 e. The van der Waals surface area contributed by atoms with Gasteiger partial charge in [0.25, 0.3) is 0 Å². The topological polar surface area (TPSA) is 186 Å². The summed E-state index contributed by atoms with van der Waals surface area (Å²) in [6.45, 7) is 28.0. The fraction of sp³-hybridized carbons (Fsp3) is 0.846. The third kappa shape index (κ3) is 16.4. The molecular formula is C39H71NO13Si4. The van der Waals surface area contributed by atoms with E-state index < -0.39 is 98.1 Å². The summed E-state index contributed by atoms with van der Waals surface area (Å²) >= 11 is 0. The number of unbranched alkanes of at least 4 members (excludes halogenated alkanes) is 1. The highest BCUT2D eigenvalue weighted by Gasteiger charge is 2.58. The zero-order valence-electron chi connectivity index (χ0n) is 37.1. The van der Waals surface area contributed by atoms with Crippen molar-refractivity contribution in [3.63, 3.8) is 0 Å². The molecular weight excluding hydrogens is 803 g/mol. The summed E-state index contributed by atoms with van der Waals surface area (Å²) in [4.78, 5) is 67.3. The van der Waals surface area contributed by atoms with Gasteiger partial charge in [0.2, 0.25) is 0 Å². The molecule has 326 valence electrons. The lowest BCUT2D eigenvalue weighted by molar-refractivity contribution is -0.167. The van der Waals surface area contributed by atoms with Gasteiger partial charge in [0.1, 0.15) is 12.7 Å². The van der Waals surface area contributed by atoms with E-state index in [2.05, 4.69) is 65.0 Å². The summed E-state index contributed by atoms with van der Waals surface area (Å²) in [6, 6.07) is 2.66. The van der Waals surface area contributed by atoms with Crippen molar-refractivity contribution in [1.29, 1.82) is 5.26 Å². The zero-order valence-corrected chi connectivity index (χ0v) is 41.1. The number of carbonyl (C=O) groups is 5. The summed E-state index contributed by atoms with van der Waals surface area (Å²) in [5.41, 5.74) is -3.06. The van der Waals surface area contributed by atoms with E-state index in [0.717, 1.165) is 6.42 Å². The van der Waals surface area contributed by atoms with Gasteiger partial charge in [0.05, 0.1) is 54.5 Å². The summed E-state index contributed by atoms with van der Waals surface area (Å²) in [6.07, 6.45) is 1.75.